The molecule has 1 atom stereocenters. The first-order valence-electron chi connectivity index (χ1n) is 10.3. The van der Waals surface area contributed by atoms with Gasteiger partial charge in [-0.2, -0.15) is 5.10 Å². The molecule has 0 N–H and O–H groups in total. The number of halogens is 3. The molecule has 2 aromatic heterocycles. The molecule has 0 aliphatic carbocycles. The Balaban J connectivity index is 1.87. The number of pyridine rings is 1. The molecule has 3 heterocycles. The highest BCUT2D eigenvalue weighted by atomic mass is 19.4. The first-order valence-corrected chi connectivity index (χ1v) is 10.3. The lowest BCUT2D eigenvalue weighted by atomic mass is 10.0. The van der Waals surface area contributed by atoms with Crippen LogP contribution >= 0.6 is 0 Å². The number of aromatic nitrogens is 3. The summed E-state index contributed by atoms with van der Waals surface area (Å²) in [5, 5.41) is 4.89. The normalized spacial score (nSPS) is 16.4. The molecule has 0 amide bonds. The van der Waals surface area contributed by atoms with Gasteiger partial charge in [-0.15, -0.1) is 13.2 Å². The van der Waals surface area contributed by atoms with E-state index in [-0.39, 0.29) is 11.9 Å². The summed E-state index contributed by atoms with van der Waals surface area (Å²) in [6.45, 7) is 6.43. The monoisotopic (exact) mass is 447 g/mol. The summed E-state index contributed by atoms with van der Waals surface area (Å²) in [5.41, 5.74) is 6.14. The number of fused-ring (bicyclic) bond motifs is 1. The summed E-state index contributed by atoms with van der Waals surface area (Å²) < 4.78 is 55.1. The third-order valence-electron chi connectivity index (χ3n) is 5.30. The Kier molecular flexibility index (Phi) is 5.85. The van der Waals surface area contributed by atoms with E-state index in [0.29, 0.717) is 25.1 Å². The predicted octanol–water partition coefficient (Wildman–Crippen LogP) is 4.96. The molecule has 9 heteroatoms. The molecule has 0 unspecified atom stereocenters. The van der Waals surface area contributed by atoms with Crippen LogP contribution in [0.5, 0.6) is 11.5 Å². The average Bonchev–Trinajstić information content (AvgIpc) is 2.93. The van der Waals surface area contributed by atoms with Gasteiger partial charge >= 0.3 is 6.36 Å². The van der Waals surface area contributed by atoms with Crippen LogP contribution in [0.1, 0.15) is 29.6 Å². The second-order valence-electron chi connectivity index (χ2n) is 7.84. The Labute approximate surface area is 183 Å². The minimum atomic E-state index is -4.81. The molecule has 1 aromatic carbocycles. The maximum atomic E-state index is 12.7. The van der Waals surface area contributed by atoms with Crippen LogP contribution in [0.3, 0.4) is 0 Å². The molecule has 4 rings (SSSR count). The second-order valence-corrected chi connectivity index (χ2v) is 7.84. The first kappa shape index (κ1) is 22.1. The van der Waals surface area contributed by atoms with Gasteiger partial charge < -0.3 is 14.2 Å². The van der Waals surface area contributed by atoms with E-state index >= 15 is 0 Å². The average molecular weight is 447 g/mol. The quantitative estimate of drug-likeness (QED) is 0.566. The number of benzene rings is 1. The molecule has 1 aliphatic heterocycles. The Bertz CT molecular complexity index is 1120. The van der Waals surface area contributed by atoms with Gasteiger partial charge in [0.05, 0.1) is 36.9 Å². The fraction of sp³-hybridized carbons (Fsp3) is 0.391. The van der Waals surface area contributed by atoms with Crippen LogP contribution in [0, 0.1) is 13.8 Å². The number of rotatable bonds is 4. The smallest absolute Gasteiger partial charge is 0.493 e. The van der Waals surface area contributed by atoms with Crippen molar-refractivity contribution < 1.29 is 27.4 Å². The van der Waals surface area contributed by atoms with E-state index in [1.807, 2.05) is 32.9 Å². The van der Waals surface area contributed by atoms with E-state index in [1.165, 1.54) is 19.2 Å². The molecule has 0 spiro atoms. The van der Waals surface area contributed by atoms with Crippen LogP contribution in [0.25, 0.3) is 16.9 Å². The van der Waals surface area contributed by atoms with Gasteiger partial charge in [-0.05, 0) is 51.5 Å². The largest absolute Gasteiger partial charge is 0.573 e. The third-order valence-corrected chi connectivity index (χ3v) is 5.30. The van der Waals surface area contributed by atoms with Crippen molar-refractivity contribution in [3.05, 3.63) is 53.0 Å². The Hall–Kier alpha value is -3.07. The highest BCUT2D eigenvalue weighted by Gasteiger charge is 2.33. The molecule has 3 aromatic rings. The number of methoxy groups -OCH3 is 1. The summed E-state index contributed by atoms with van der Waals surface area (Å²) in [4.78, 5) is 4.45. The van der Waals surface area contributed by atoms with Crippen LogP contribution in [-0.2, 0) is 17.6 Å². The molecule has 0 bridgehead atoms. The summed E-state index contributed by atoms with van der Waals surface area (Å²) in [6.07, 6.45) is -3.53. The van der Waals surface area contributed by atoms with E-state index in [9.17, 15) is 13.2 Å². The van der Waals surface area contributed by atoms with Crippen molar-refractivity contribution in [2.24, 2.45) is 0 Å². The summed E-state index contributed by atoms with van der Waals surface area (Å²) in [7, 11) is 1.30. The van der Waals surface area contributed by atoms with Crippen molar-refractivity contribution in [2.45, 2.75) is 46.1 Å². The lowest BCUT2D eigenvalue weighted by Gasteiger charge is -2.15. The molecular weight excluding hydrogens is 423 g/mol. The molecule has 0 fully saturated rings. The maximum absolute atomic E-state index is 12.7. The standard InChI is InChI=1S/C23H24F3N3O3/c1-13-9-16(10-14(2)27-13)22-18-7-8-31-15(3)11-19(18)29(28-22)17-5-6-20(21(12-17)30-4)32-23(24,25)26/h5-6,9-10,12,15H,7-8,11H2,1-4H3/t15-/m1/s1. The van der Waals surface area contributed by atoms with E-state index in [2.05, 4.69) is 9.72 Å². The summed E-state index contributed by atoms with van der Waals surface area (Å²) in [5.74, 6) is -0.432. The van der Waals surface area contributed by atoms with Gasteiger partial charge in [0, 0.05) is 35.0 Å². The van der Waals surface area contributed by atoms with Gasteiger partial charge in [-0.1, -0.05) is 0 Å². The SMILES string of the molecule is COc1cc(-n2nc(-c3cc(C)nc(C)c3)c3c2C[C@@H](C)OCC3)ccc1OC(F)(F)F. The molecule has 0 radical (unpaired) electrons. The molecule has 0 saturated heterocycles. The van der Waals surface area contributed by atoms with Crippen molar-refractivity contribution in [2.75, 3.05) is 13.7 Å². The molecular formula is C23H24F3N3O3. The number of ether oxygens (including phenoxy) is 3. The lowest BCUT2D eigenvalue weighted by molar-refractivity contribution is -0.275. The van der Waals surface area contributed by atoms with Crippen LogP contribution in [0.2, 0.25) is 0 Å². The molecule has 0 saturated carbocycles. The first-order chi connectivity index (χ1) is 15.1. The molecule has 1 aliphatic rings. The van der Waals surface area contributed by atoms with Gasteiger partial charge in [-0.3, -0.25) is 4.98 Å². The summed E-state index contributed by atoms with van der Waals surface area (Å²) >= 11 is 0. The zero-order valence-corrected chi connectivity index (χ0v) is 18.3. The van der Waals surface area contributed by atoms with E-state index in [0.717, 1.165) is 33.9 Å². The lowest BCUT2D eigenvalue weighted by Crippen LogP contribution is -2.18. The van der Waals surface area contributed by atoms with Crippen LogP contribution in [0.15, 0.2) is 30.3 Å². The Morgan fingerprint density at radius 3 is 2.47 bits per heavy atom. The highest BCUT2D eigenvalue weighted by Crippen LogP contribution is 2.36. The van der Waals surface area contributed by atoms with Crippen molar-refractivity contribution >= 4 is 0 Å². The van der Waals surface area contributed by atoms with Gasteiger partial charge in [0.15, 0.2) is 11.5 Å². The Morgan fingerprint density at radius 1 is 1.09 bits per heavy atom. The van der Waals surface area contributed by atoms with Crippen LogP contribution in [-0.4, -0.2) is 40.9 Å². The van der Waals surface area contributed by atoms with E-state index in [4.69, 9.17) is 14.6 Å². The number of aryl methyl sites for hydroxylation is 2. The van der Waals surface area contributed by atoms with Gasteiger partial charge in [0.25, 0.3) is 0 Å². The number of alkyl halides is 3. The van der Waals surface area contributed by atoms with Gasteiger partial charge in [0.1, 0.15) is 0 Å². The molecule has 32 heavy (non-hydrogen) atoms. The molecule has 170 valence electrons. The number of hydrogen-bond donors (Lipinski definition) is 0. The van der Waals surface area contributed by atoms with Gasteiger partial charge in [0.2, 0.25) is 0 Å². The zero-order chi connectivity index (χ0) is 23.0. The van der Waals surface area contributed by atoms with E-state index in [1.54, 1.807) is 10.7 Å². The number of hydrogen-bond acceptors (Lipinski definition) is 5. The summed E-state index contributed by atoms with van der Waals surface area (Å²) in [6, 6.07) is 8.25. The van der Waals surface area contributed by atoms with Crippen molar-refractivity contribution in [3.63, 3.8) is 0 Å². The minimum absolute atomic E-state index is 0.0183. The fourth-order valence-electron chi connectivity index (χ4n) is 4.06. The zero-order valence-electron chi connectivity index (χ0n) is 18.3. The van der Waals surface area contributed by atoms with Crippen molar-refractivity contribution in [3.8, 4) is 28.4 Å². The van der Waals surface area contributed by atoms with Crippen molar-refractivity contribution in [1.29, 1.82) is 0 Å². The van der Waals surface area contributed by atoms with Crippen LogP contribution in [0.4, 0.5) is 13.2 Å². The predicted molar refractivity (Wildman–Crippen MR) is 112 cm³/mol. The van der Waals surface area contributed by atoms with Crippen LogP contribution < -0.4 is 9.47 Å². The minimum Gasteiger partial charge on any atom is -0.493 e. The topological polar surface area (TPSA) is 58.4 Å². The van der Waals surface area contributed by atoms with Crippen molar-refractivity contribution in [1.82, 2.24) is 14.8 Å². The van der Waals surface area contributed by atoms with E-state index < -0.39 is 12.1 Å². The Morgan fingerprint density at radius 2 is 1.81 bits per heavy atom. The fourth-order valence-corrected chi connectivity index (χ4v) is 4.06. The highest BCUT2D eigenvalue weighted by molar-refractivity contribution is 5.66. The maximum Gasteiger partial charge on any atom is 0.573 e. The second kappa shape index (κ2) is 8.46. The number of nitrogens with zero attached hydrogens (tertiary/aromatic N) is 3. The third kappa shape index (κ3) is 4.57. The van der Waals surface area contributed by atoms with Gasteiger partial charge in [-0.25, -0.2) is 4.68 Å². The molecule has 6 nitrogen and oxygen atoms in total.